The predicted molar refractivity (Wildman–Crippen MR) is 115 cm³/mol. The summed E-state index contributed by atoms with van der Waals surface area (Å²) in [6.45, 7) is 1.77. The summed E-state index contributed by atoms with van der Waals surface area (Å²) in [5.74, 6) is -1.94. The number of aromatic nitrogens is 1. The Morgan fingerprint density at radius 3 is 2.63 bits per heavy atom. The fourth-order valence-corrected chi connectivity index (χ4v) is 3.78. The van der Waals surface area contributed by atoms with Gasteiger partial charge >= 0.3 is 11.9 Å². The number of para-hydroxylation sites is 1. The zero-order valence-corrected chi connectivity index (χ0v) is 17.2. The molecule has 0 unspecified atom stereocenters. The maximum atomic E-state index is 12.7. The maximum Gasteiger partial charge on any atom is 0.355 e. The molecule has 0 fully saturated rings. The van der Waals surface area contributed by atoms with E-state index in [0.717, 1.165) is 6.08 Å². The first-order valence-corrected chi connectivity index (χ1v) is 9.55. The summed E-state index contributed by atoms with van der Waals surface area (Å²) in [4.78, 5) is 38.4. The molecule has 3 aromatic rings. The Bertz CT molecular complexity index is 1180. The number of rotatable bonds is 7. The second kappa shape index (κ2) is 9.02. The number of benzene rings is 2. The summed E-state index contributed by atoms with van der Waals surface area (Å²) >= 11 is 12.5. The van der Waals surface area contributed by atoms with Crippen molar-refractivity contribution in [3.63, 3.8) is 0 Å². The van der Waals surface area contributed by atoms with Crippen molar-refractivity contribution in [3.05, 3.63) is 69.3 Å². The number of aromatic amines is 1. The van der Waals surface area contributed by atoms with Gasteiger partial charge in [0, 0.05) is 44.4 Å². The van der Waals surface area contributed by atoms with Gasteiger partial charge in [0.2, 0.25) is 6.41 Å². The lowest BCUT2D eigenvalue weighted by atomic mass is 9.93. The highest BCUT2D eigenvalue weighted by atomic mass is 35.5. The van der Waals surface area contributed by atoms with Crippen LogP contribution in [0.3, 0.4) is 0 Å². The van der Waals surface area contributed by atoms with Crippen molar-refractivity contribution in [2.75, 3.05) is 11.9 Å². The first kappa shape index (κ1) is 21.4. The Labute approximate surface area is 181 Å². The van der Waals surface area contributed by atoms with Gasteiger partial charge in [0.05, 0.1) is 11.6 Å². The lowest BCUT2D eigenvalue weighted by Crippen LogP contribution is -2.09. The number of fused-ring (bicyclic) bond motifs is 1. The third-order valence-corrected chi connectivity index (χ3v) is 4.78. The highest BCUT2D eigenvalue weighted by molar-refractivity contribution is 6.39. The van der Waals surface area contributed by atoms with Crippen LogP contribution in [0.5, 0.6) is 0 Å². The van der Waals surface area contributed by atoms with Crippen LogP contribution in [0.15, 0.2) is 42.5 Å². The van der Waals surface area contributed by atoms with Crippen LogP contribution >= 0.6 is 23.2 Å². The normalized spacial score (nSPS) is 11.4. The minimum atomic E-state index is -1.25. The summed E-state index contributed by atoms with van der Waals surface area (Å²) in [6, 6.07) is 9.66. The number of carbonyl (C=O) groups excluding carboxylic acids is 2. The third-order valence-electron chi connectivity index (χ3n) is 4.26. The number of nitrogens with one attached hydrogen (secondary N) is 2. The van der Waals surface area contributed by atoms with Gasteiger partial charge in [-0.25, -0.2) is 9.59 Å². The van der Waals surface area contributed by atoms with Crippen LogP contribution in [-0.4, -0.2) is 35.0 Å². The van der Waals surface area contributed by atoms with Gasteiger partial charge in [-0.2, -0.15) is 0 Å². The number of carbonyl (C=O) groups is 3. The van der Waals surface area contributed by atoms with Crippen molar-refractivity contribution in [2.24, 2.45) is 0 Å². The number of ether oxygens (including phenoxy) is 1. The molecule has 0 aliphatic carbocycles. The van der Waals surface area contributed by atoms with Gasteiger partial charge in [0.1, 0.15) is 5.69 Å². The first-order chi connectivity index (χ1) is 14.4. The number of anilines is 1. The molecule has 0 aliphatic heterocycles. The molecular formula is C21H16Cl2N2O5. The molecule has 0 radical (unpaired) electrons. The minimum Gasteiger partial charge on any atom is -0.478 e. The lowest BCUT2D eigenvalue weighted by Gasteiger charge is -2.14. The van der Waals surface area contributed by atoms with Gasteiger partial charge in [-0.3, -0.25) is 4.79 Å². The van der Waals surface area contributed by atoms with Crippen LogP contribution in [0.4, 0.5) is 5.69 Å². The van der Waals surface area contributed by atoms with Crippen LogP contribution in [0.1, 0.15) is 28.5 Å². The second-order valence-corrected chi connectivity index (χ2v) is 6.95. The van der Waals surface area contributed by atoms with Crippen molar-refractivity contribution in [1.82, 2.24) is 4.98 Å². The lowest BCUT2D eigenvalue weighted by molar-refractivity contribution is -0.131. The fraction of sp³-hybridized carbons (Fsp3) is 0.0952. The van der Waals surface area contributed by atoms with E-state index in [1.165, 1.54) is 6.07 Å². The SMILES string of the molecule is CCOC(=O)c1[nH]c2cc(Cl)cc(Cl)c2c1C(=CC(=O)O)c1ccccc1NC=O. The Hall–Kier alpha value is -3.29. The fourth-order valence-electron chi connectivity index (χ4n) is 3.19. The van der Waals surface area contributed by atoms with E-state index in [4.69, 9.17) is 27.9 Å². The van der Waals surface area contributed by atoms with Gasteiger partial charge in [-0.15, -0.1) is 0 Å². The minimum absolute atomic E-state index is 0.0180. The Morgan fingerprint density at radius 1 is 1.23 bits per heavy atom. The average molecular weight is 447 g/mol. The van der Waals surface area contributed by atoms with E-state index >= 15 is 0 Å². The largest absolute Gasteiger partial charge is 0.478 e. The molecule has 154 valence electrons. The summed E-state index contributed by atoms with van der Waals surface area (Å²) in [5.41, 5.74) is 1.57. The van der Waals surface area contributed by atoms with E-state index in [1.807, 2.05) is 0 Å². The molecule has 1 amide bonds. The number of aliphatic carboxylic acids is 1. The van der Waals surface area contributed by atoms with Crippen molar-refractivity contribution in [3.8, 4) is 0 Å². The van der Waals surface area contributed by atoms with E-state index < -0.39 is 11.9 Å². The number of H-pyrrole nitrogens is 1. The van der Waals surface area contributed by atoms with Gasteiger partial charge in [0.15, 0.2) is 0 Å². The van der Waals surface area contributed by atoms with Crippen molar-refractivity contribution in [2.45, 2.75) is 6.92 Å². The van der Waals surface area contributed by atoms with E-state index in [2.05, 4.69) is 10.3 Å². The second-order valence-electron chi connectivity index (χ2n) is 6.11. The van der Waals surface area contributed by atoms with E-state index in [0.29, 0.717) is 33.6 Å². The van der Waals surface area contributed by atoms with Gasteiger partial charge < -0.3 is 20.1 Å². The number of hydrogen-bond donors (Lipinski definition) is 3. The number of amides is 1. The van der Waals surface area contributed by atoms with Crippen LogP contribution < -0.4 is 5.32 Å². The summed E-state index contributed by atoms with van der Waals surface area (Å²) in [6.07, 6.45) is 1.42. The number of halogens is 2. The molecule has 7 nitrogen and oxygen atoms in total. The van der Waals surface area contributed by atoms with Crippen molar-refractivity contribution >= 4 is 63.7 Å². The van der Waals surface area contributed by atoms with E-state index in [9.17, 15) is 19.5 Å². The molecule has 1 heterocycles. The van der Waals surface area contributed by atoms with Crippen LogP contribution in [0, 0.1) is 0 Å². The van der Waals surface area contributed by atoms with E-state index in [-0.39, 0.29) is 28.5 Å². The van der Waals surface area contributed by atoms with Crippen molar-refractivity contribution in [1.29, 1.82) is 0 Å². The molecule has 0 saturated heterocycles. The molecule has 0 bridgehead atoms. The molecule has 2 aromatic carbocycles. The number of carboxylic acids is 1. The summed E-state index contributed by atoms with van der Waals surface area (Å²) in [5, 5.41) is 13.0. The van der Waals surface area contributed by atoms with Crippen LogP contribution in [0.25, 0.3) is 16.5 Å². The Morgan fingerprint density at radius 2 is 1.97 bits per heavy atom. The third kappa shape index (κ3) is 4.17. The molecule has 3 N–H and O–H groups in total. The molecule has 0 atom stereocenters. The maximum absolute atomic E-state index is 12.7. The van der Waals surface area contributed by atoms with Crippen LogP contribution in [-0.2, 0) is 14.3 Å². The zero-order chi connectivity index (χ0) is 21.8. The monoisotopic (exact) mass is 446 g/mol. The topological polar surface area (TPSA) is 108 Å². The molecule has 30 heavy (non-hydrogen) atoms. The highest BCUT2D eigenvalue weighted by Crippen LogP contribution is 2.40. The van der Waals surface area contributed by atoms with Gasteiger partial charge in [-0.1, -0.05) is 41.4 Å². The highest BCUT2D eigenvalue weighted by Gasteiger charge is 2.26. The molecule has 9 heteroatoms. The van der Waals surface area contributed by atoms with E-state index in [1.54, 1.807) is 37.3 Å². The number of hydrogen-bond acceptors (Lipinski definition) is 4. The number of esters is 1. The molecule has 0 saturated carbocycles. The Kier molecular flexibility index (Phi) is 6.44. The summed E-state index contributed by atoms with van der Waals surface area (Å²) in [7, 11) is 0. The molecule has 3 rings (SSSR count). The quantitative estimate of drug-likeness (QED) is 0.276. The molecular weight excluding hydrogens is 431 g/mol. The molecule has 1 aromatic heterocycles. The predicted octanol–water partition coefficient (Wildman–Crippen LogP) is 4.74. The Balaban J connectivity index is 2.43. The van der Waals surface area contributed by atoms with Gasteiger partial charge in [0.25, 0.3) is 0 Å². The molecule has 0 spiro atoms. The van der Waals surface area contributed by atoms with Crippen LogP contribution in [0.2, 0.25) is 10.0 Å². The van der Waals surface area contributed by atoms with Crippen molar-refractivity contribution < 1.29 is 24.2 Å². The first-order valence-electron chi connectivity index (χ1n) is 8.79. The standard InChI is InChI=1S/C21H16Cl2N2O5/c1-2-30-21(29)20-18(19-14(23)7-11(22)8-16(19)25-20)13(9-17(27)28)12-5-3-4-6-15(12)24-10-26/h3-10,25H,2H2,1H3,(H,24,26)(H,27,28). The molecule has 0 aliphatic rings. The zero-order valence-electron chi connectivity index (χ0n) is 15.7. The summed E-state index contributed by atoms with van der Waals surface area (Å²) < 4.78 is 5.14. The number of carboxylic acid groups (broad SMARTS) is 1. The average Bonchev–Trinajstić information content (AvgIpc) is 3.06. The smallest absolute Gasteiger partial charge is 0.355 e. The van der Waals surface area contributed by atoms with Gasteiger partial charge in [-0.05, 0) is 25.1 Å².